The molecule has 34 heavy (non-hydrogen) atoms. The molecular formula is C24H30FN7O2. The maximum Gasteiger partial charge on any atom is 0.410 e. The molecule has 180 valence electrons. The summed E-state index contributed by atoms with van der Waals surface area (Å²) >= 11 is 0. The fourth-order valence-electron chi connectivity index (χ4n) is 3.90. The third kappa shape index (κ3) is 5.11. The highest BCUT2D eigenvalue weighted by Gasteiger charge is 2.26. The second-order valence-electron chi connectivity index (χ2n) is 9.42. The molecule has 10 heteroatoms. The van der Waals surface area contributed by atoms with Crippen molar-refractivity contribution in [3.05, 3.63) is 53.4 Å². The van der Waals surface area contributed by atoms with Gasteiger partial charge in [0, 0.05) is 44.1 Å². The zero-order valence-corrected chi connectivity index (χ0v) is 20.2. The molecule has 1 aliphatic heterocycles. The molecule has 1 fully saturated rings. The van der Waals surface area contributed by atoms with Gasteiger partial charge in [-0.15, -0.1) is 0 Å². The largest absolute Gasteiger partial charge is 0.444 e. The van der Waals surface area contributed by atoms with Crippen LogP contribution in [0.15, 0.2) is 35.6 Å². The van der Waals surface area contributed by atoms with E-state index in [0.717, 1.165) is 11.4 Å². The number of amides is 1. The van der Waals surface area contributed by atoms with Gasteiger partial charge in [0.05, 0.1) is 17.1 Å². The first-order valence-corrected chi connectivity index (χ1v) is 11.2. The van der Waals surface area contributed by atoms with Crippen molar-refractivity contribution in [1.29, 1.82) is 0 Å². The van der Waals surface area contributed by atoms with Crippen molar-refractivity contribution in [3.8, 4) is 0 Å². The molecule has 3 aromatic rings. The Hall–Kier alpha value is -3.69. The minimum absolute atomic E-state index is 0.165. The lowest BCUT2D eigenvalue weighted by Gasteiger charge is -2.37. The lowest BCUT2D eigenvalue weighted by atomic mass is 10.2. The van der Waals surface area contributed by atoms with E-state index >= 15 is 0 Å². The Bertz CT molecular complexity index is 1250. The standard InChI is InChI=1S/C24H30FN7O2/c1-15-13-32-14-17(12-18(25)22(32)27-15)21(26)29-20-7-6-19(16(2)28-20)30-8-10-31(11-9-30)23(33)34-24(3,4)5/h6-7,12-14H,8-11H2,1-5H3,(H2,26,28,29). The Morgan fingerprint density at radius 3 is 2.47 bits per heavy atom. The number of carbonyl (C=O) groups is 1. The number of pyridine rings is 2. The number of aromatic nitrogens is 3. The maximum atomic E-state index is 14.4. The molecule has 0 bridgehead atoms. The molecule has 0 unspecified atom stereocenters. The Labute approximate surface area is 198 Å². The van der Waals surface area contributed by atoms with Gasteiger partial charge in [-0.25, -0.2) is 24.1 Å². The van der Waals surface area contributed by atoms with E-state index in [4.69, 9.17) is 10.5 Å². The van der Waals surface area contributed by atoms with Crippen LogP contribution in [0.4, 0.5) is 20.7 Å². The summed E-state index contributed by atoms with van der Waals surface area (Å²) in [4.78, 5) is 29.3. The van der Waals surface area contributed by atoms with E-state index < -0.39 is 11.4 Å². The number of fused-ring (bicyclic) bond motifs is 1. The van der Waals surface area contributed by atoms with Crippen molar-refractivity contribution < 1.29 is 13.9 Å². The first-order chi connectivity index (χ1) is 16.0. The molecule has 0 aliphatic carbocycles. The Morgan fingerprint density at radius 1 is 1.12 bits per heavy atom. The number of carbonyl (C=O) groups excluding carboxylic acids is 1. The highest BCUT2D eigenvalue weighted by Crippen LogP contribution is 2.24. The normalized spacial score (nSPS) is 15.2. The van der Waals surface area contributed by atoms with Gasteiger partial charge in [0.25, 0.3) is 0 Å². The SMILES string of the molecule is Cc1cn2cc(C(N)=Nc3ccc(N4CCN(C(=O)OC(C)(C)C)CC4)c(C)n3)cc(F)c2n1. The van der Waals surface area contributed by atoms with E-state index in [2.05, 4.69) is 19.9 Å². The number of rotatable bonds is 3. The number of imidazole rings is 1. The summed E-state index contributed by atoms with van der Waals surface area (Å²) in [6.45, 7) is 11.8. The average Bonchev–Trinajstić information content (AvgIpc) is 3.14. The molecule has 0 radical (unpaired) electrons. The fraction of sp³-hybridized carbons (Fsp3) is 0.417. The van der Waals surface area contributed by atoms with Crippen molar-refractivity contribution in [1.82, 2.24) is 19.3 Å². The van der Waals surface area contributed by atoms with Crippen LogP contribution in [0.3, 0.4) is 0 Å². The summed E-state index contributed by atoms with van der Waals surface area (Å²) in [5, 5.41) is 0. The lowest BCUT2D eigenvalue weighted by Crippen LogP contribution is -2.50. The van der Waals surface area contributed by atoms with Crippen LogP contribution in [0.5, 0.6) is 0 Å². The number of amidine groups is 1. The topological polar surface area (TPSA) is 101 Å². The van der Waals surface area contributed by atoms with E-state index in [9.17, 15) is 9.18 Å². The van der Waals surface area contributed by atoms with Crippen LogP contribution in [-0.2, 0) is 4.74 Å². The molecule has 4 heterocycles. The Kier molecular flexibility index (Phi) is 6.16. The number of nitrogens with two attached hydrogens (primary N) is 1. The van der Waals surface area contributed by atoms with Crippen LogP contribution in [0.25, 0.3) is 5.65 Å². The molecule has 0 spiro atoms. The molecular weight excluding hydrogens is 437 g/mol. The van der Waals surface area contributed by atoms with Gasteiger partial charge < -0.3 is 24.7 Å². The average molecular weight is 468 g/mol. The number of nitrogens with zero attached hydrogens (tertiary/aromatic N) is 6. The van der Waals surface area contributed by atoms with Gasteiger partial charge in [0.1, 0.15) is 11.4 Å². The van der Waals surface area contributed by atoms with E-state index in [-0.39, 0.29) is 17.6 Å². The molecule has 1 amide bonds. The smallest absolute Gasteiger partial charge is 0.410 e. The number of hydrogen-bond donors (Lipinski definition) is 1. The fourth-order valence-corrected chi connectivity index (χ4v) is 3.90. The van der Waals surface area contributed by atoms with Crippen LogP contribution in [0.2, 0.25) is 0 Å². The number of aliphatic imine (C=N–C) groups is 1. The number of anilines is 1. The van der Waals surface area contributed by atoms with Crippen molar-refractivity contribution in [2.24, 2.45) is 10.7 Å². The summed E-state index contributed by atoms with van der Waals surface area (Å²) in [6, 6.07) is 5.05. The zero-order valence-electron chi connectivity index (χ0n) is 20.2. The van der Waals surface area contributed by atoms with Gasteiger partial charge in [-0.05, 0) is 52.8 Å². The third-order valence-corrected chi connectivity index (χ3v) is 5.47. The van der Waals surface area contributed by atoms with E-state index in [1.54, 1.807) is 34.7 Å². The number of ether oxygens (including phenoxy) is 1. The molecule has 1 saturated heterocycles. The predicted octanol–water partition coefficient (Wildman–Crippen LogP) is 3.58. The molecule has 0 atom stereocenters. The second kappa shape index (κ2) is 8.92. The second-order valence-corrected chi connectivity index (χ2v) is 9.42. The summed E-state index contributed by atoms with van der Waals surface area (Å²) in [5.74, 6) is 0.139. The van der Waals surface area contributed by atoms with E-state index in [0.29, 0.717) is 43.3 Å². The molecule has 9 nitrogen and oxygen atoms in total. The number of halogens is 1. The van der Waals surface area contributed by atoms with Crippen molar-refractivity contribution in [3.63, 3.8) is 0 Å². The van der Waals surface area contributed by atoms with Crippen molar-refractivity contribution in [2.45, 2.75) is 40.2 Å². The van der Waals surface area contributed by atoms with Gasteiger partial charge >= 0.3 is 6.09 Å². The summed E-state index contributed by atoms with van der Waals surface area (Å²) in [5.41, 5.74) is 8.83. The van der Waals surface area contributed by atoms with Gasteiger partial charge in [-0.3, -0.25) is 0 Å². The lowest BCUT2D eigenvalue weighted by molar-refractivity contribution is 0.0240. The van der Waals surface area contributed by atoms with Crippen LogP contribution in [-0.4, -0.2) is 63.0 Å². The number of piperazine rings is 1. The van der Waals surface area contributed by atoms with E-state index in [1.807, 2.05) is 33.8 Å². The third-order valence-electron chi connectivity index (χ3n) is 5.47. The van der Waals surface area contributed by atoms with Crippen LogP contribution >= 0.6 is 0 Å². The molecule has 4 rings (SSSR count). The van der Waals surface area contributed by atoms with Crippen LogP contribution in [0, 0.1) is 19.7 Å². The Morgan fingerprint density at radius 2 is 1.82 bits per heavy atom. The van der Waals surface area contributed by atoms with Crippen molar-refractivity contribution in [2.75, 3.05) is 31.1 Å². The molecule has 1 aliphatic rings. The van der Waals surface area contributed by atoms with Crippen LogP contribution in [0.1, 0.15) is 37.7 Å². The van der Waals surface area contributed by atoms with Gasteiger partial charge in [0.2, 0.25) is 0 Å². The van der Waals surface area contributed by atoms with E-state index in [1.165, 1.54) is 6.07 Å². The number of aryl methyl sites for hydroxylation is 2. The molecule has 3 aromatic heterocycles. The molecule has 0 saturated carbocycles. The maximum absolute atomic E-state index is 14.4. The number of hydrogen-bond acceptors (Lipinski definition) is 6. The van der Waals surface area contributed by atoms with Crippen LogP contribution < -0.4 is 10.6 Å². The van der Waals surface area contributed by atoms with Crippen molar-refractivity contribution >= 4 is 29.1 Å². The quantitative estimate of drug-likeness (QED) is 0.467. The molecule has 0 aromatic carbocycles. The van der Waals surface area contributed by atoms with Gasteiger partial charge in [-0.2, -0.15) is 0 Å². The van der Waals surface area contributed by atoms with Gasteiger partial charge in [-0.1, -0.05) is 0 Å². The summed E-state index contributed by atoms with van der Waals surface area (Å²) < 4.78 is 21.5. The van der Waals surface area contributed by atoms with Gasteiger partial charge in [0.15, 0.2) is 17.3 Å². The summed E-state index contributed by atoms with van der Waals surface area (Å²) in [7, 11) is 0. The Balaban J connectivity index is 1.46. The zero-order chi connectivity index (χ0) is 24.6. The minimum Gasteiger partial charge on any atom is -0.444 e. The molecule has 2 N–H and O–H groups in total. The first-order valence-electron chi connectivity index (χ1n) is 11.2. The highest BCUT2D eigenvalue weighted by molar-refractivity contribution is 5.98. The predicted molar refractivity (Wildman–Crippen MR) is 129 cm³/mol. The monoisotopic (exact) mass is 467 g/mol. The minimum atomic E-state index is -0.512. The summed E-state index contributed by atoms with van der Waals surface area (Å²) in [6.07, 6.45) is 3.14. The first kappa shape index (κ1) is 23.5. The highest BCUT2D eigenvalue weighted by atomic mass is 19.1.